The third-order valence-corrected chi connectivity index (χ3v) is 4.20. The van der Waals surface area contributed by atoms with Crippen molar-refractivity contribution in [3.05, 3.63) is 23.4 Å². The summed E-state index contributed by atoms with van der Waals surface area (Å²) in [7, 11) is 0. The standard InChI is InChI=1S/C15H21N3.H3N.H2/c1-2-12(11-6-4-3-5-7-11)14-13-8-9-16-15(13)18-10-17-14;;/h8-11,16H,2-7H2,1H3,(H,17,18);1H3;1H/b14-12+;;. The molecule has 106 valence electrons. The molecule has 1 aromatic heterocycles. The lowest BCUT2D eigenvalue weighted by Crippen LogP contribution is -2.19. The van der Waals surface area contributed by atoms with Gasteiger partial charge in [-0.05, 0) is 36.8 Å². The minimum atomic E-state index is 0. The molecule has 0 aromatic carbocycles. The Morgan fingerprint density at radius 1 is 1.37 bits per heavy atom. The van der Waals surface area contributed by atoms with Crippen molar-refractivity contribution < 1.29 is 1.43 Å². The number of H-pyrrole nitrogens is 1. The number of allylic oxidation sites excluding steroid dienone is 1. The molecule has 0 amide bonds. The molecule has 1 aliphatic heterocycles. The number of nitrogens with one attached hydrogen (secondary N) is 2. The lowest BCUT2D eigenvalue weighted by molar-refractivity contribution is 0.397. The van der Waals surface area contributed by atoms with Crippen molar-refractivity contribution in [1.82, 2.24) is 16.5 Å². The first-order valence-corrected chi connectivity index (χ1v) is 7.10. The van der Waals surface area contributed by atoms with Crippen molar-refractivity contribution in [3.8, 4) is 0 Å². The first-order chi connectivity index (χ1) is 8.90. The van der Waals surface area contributed by atoms with Gasteiger partial charge in [0.2, 0.25) is 0 Å². The van der Waals surface area contributed by atoms with Crippen LogP contribution in [0, 0.1) is 5.92 Å². The van der Waals surface area contributed by atoms with E-state index in [1.807, 2.05) is 12.5 Å². The van der Waals surface area contributed by atoms with E-state index in [1.54, 1.807) is 5.57 Å². The van der Waals surface area contributed by atoms with Crippen LogP contribution in [-0.2, 0) is 0 Å². The van der Waals surface area contributed by atoms with E-state index >= 15 is 0 Å². The fourth-order valence-corrected chi connectivity index (χ4v) is 3.29. The molecule has 3 rings (SSSR count). The Morgan fingerprint density at radius 3 is 2.89 bits per heavy atom. The van der Waals surface area contributed by atoms with Crippen LogP contribution in [0.25, 0.3) is 5.70 Å². The summed E-state index contributed by atoms with van der Waals surface area (Å²) in [5.41, 5.74) is 4.12. The number of rotatable bonds is 2. The molecule has 4 heteroatoms. The Balaban J connectivity index is 0.000001000. The Morgan fingerprint density at radius 2 is 2.16 bits per heavy atom. The van der Waals surface area contributed by atoms with Gasteiger partial charge >= 0.3 is 0 Å². The van der Waals surface area contributed by atoms with Crippen LogP contribution in [0.3, 0.4) is 0 Å². The molecule has 0 unspecified atom stereocenters. The second-order valence-corrected chi connectivity index (χ2v) is 5.23. The van der Waals surface area contributed by atoms with Crippen LogP contribution in [0.15, 0.2) is 22.8 Å². The quantitative estimate of drug-likeness (QED) is 0.739. The molecule has 0 bridgehead atoms. The summed E-state index contributed by atoms with van der Waals surface area (Å²) in [6.45, 7) is 2.27. The van der Waals surface area contributed by atoms with Gasteiger partial charge in [-0.25, -0.2) is 4.99 Å². The fourth-order valence-electron chi connectivity index (χ4n) is 3.29. The van der Waals surface area contributed by atoms with Gasteiger partial charge in [0.05, 0.1) is 6.34 Å². The van der Waals surface area contributed by atoms with Crippen LogP contribution in [0.1, 0.15) is 52.4 Å². The maximum absolute atomic E-state index is 4.34. The van der Waals surface area contributed by atoms with Crippen LogP contribution >= 0.6 is 0 Å². The summed E-state index contributed by atoms with van der Waals surface area (Å²) < 4.78 is 0. The van der Waals surface area contributed by atoms with Crippen molar-refractivity contribution in [1.29, 1.82) is 0 Å². The monoisotopic (exact) mass is 262 g/mol. The van der Waals surface area contributed by atoms with Gasteiger partial charge in [0, 0.05) is 18.9 Å². The summed E-state index contributed by atoms with van der Waals surface area (Å²) in [5.74, 6) is 1.76. The molecule has 0 saturated heterocycles. The third kappa shape index (κ3) is 2.59. The lowest BCUT2D eigenvalue weighted by atomic mass is 9.81. The van der Waals surface area contributed by atoms with Crippen LogP contribution in [0.4, 0.5) is 5.82 Å². The van der Waals surface area contributed by atoms with Crippen molar-refractivity contribution >= 4 is 17.9 Å². The molecule has 0 spiro atoms. The highest BCUT2D eigenvalue weighted by atomic mass is 15.0. The third-order valence-electron chi connectivity index (χ3n) is 4.20. The zero-order valence-electron chi connectivity index (χ0n) is 11.7. The van der Waals surface area contributed by atoms with Gasteiger partial charge in [-0.15, -0.1) is 0 Å². The number of aliphatic imine (C=N–C) groups is 1. The molecule has 19 heavy (non-hydrogen) atoms. The SMILES string of the molecule is CC/C(=C1\NC=Nc2[nH]ccc21)C1CCCCC1.N.[HH]. The normalized spacial score (nSPS) is 21.3. The van der Waals surface area contributed by atoms with Crippen LogP contribution in [-0.4, -0.2) is 11.3 Å². The van der Waals surface area contributed by atoms with Gasteiger partial charge in [-0.2, -0.15) is 0 Å². The Bertz CT molecular complexity index is 484. The minimum absolute atomic E-state index is 0. The second kappa shape index (κ2) is 6.06. The van der Waals surface area contributed by atoms with Gasteiger partial charge in [-0.1, -0.05) is 26.2 Å². The molecular weight excluding hydrogens is 236 g/mol. The van der Waals surface area contributed by atoms with Gasteiger partial charge in [-0.3, -0.25) is 0 Å². The van der Waals surface area contributed by atoms with Crippen LogP contribution in [0.2, 0.25) is 0 Å². The molecule has 1 aliphatic carbocycles. The summed E-state index contributed by atoms with van der Waals surface area (Å²) in [6, 6.07) is 2.13. The first-order valence-electron chi connectivity index (χ1n) is 7.10. The van der Waals surface area contributed by atoms with E-state index < -0.39 is 0 Å². The lowest BCUT2D eigenvalue weighted by Gasteiger charge is -2.27. The molecule has 1 fully saturated rings. The molecule has 0 radical (unpaired) electrons. The Kier molecular flexibility index (Phi) is 4.43. The largest absolute Gasteiger partial charge is 0.346 e. The molecule has 2 heterocycles. The topological polar surface area (TPSA) is 75.2 Å². The van der Waals surface area contributed by atoms with E-state index in [0.29, 0.717) is 0 Å². The van der Waals surface area contributed by atoms with Gasteiger partial charge < -0.3 is 16.5 Å². The van der Waals surface area contributed by atoms with E-state index in [9.17, 15) is 0 Å². The Labute approximate surface area is 116 Å². The Hall–Kier alpha value is -1.55. The molecule has 5 N–H and O–H groups in total. The summed E-state index contributed by atoms with van der Waals surface area (Å²) in [5, 5.41) is 3.38. The van der Waals surface area contributed by atoms with Crippen LogP contribution in [0.5, 0.6) is 0 Å². The molecule has 1 aromatic rings. The predicted octanol–water partition coefficient (Wildman–Crippen LogP) is 4.39. The first kappa shape index (κ1) is 13.9. The molecule has 4 nitrogen and oxygen atoms in total. The number of aromatic amines is 1. The van der Waals surface area contributed by atoms with E-state index in [4.69, 9.17) is 0 Å². The average Bonchev–Trinajstić information content (AvgIpc) is 2.90. The molecular formula is C15H26N4. The number of hydrogen-bond donors (Lipinski definition) is 3. The van der Waals surface area contributed by atoms with E-state index in [0.717, 1.165) is 18.2 Å². The highest BCUT2D eigenvalue weighted by molar-refractivity contribution is 5.87. The predicted molar refractivity (Wildman–Crippen MR) is 83.0 cm³/mol. The van der Waals surface area contributed by atoms with Crippen molar-refractivity contribution in [2.24, 2.45) is 10.9 Å². The zero-order valence-corrected chi connectivity index (χ0v) is 11.7. The number of hydrogen-bond acceptors (Lipinski definition) is 3. The molecule has 2 aliphatic rings. The summed E-state index contributed by atoms with van der Waals surface area (Å²) in [6.07, 6.45) is 11.8. The summed E-state index contributed by atoms with van der Waals surface area (Å²) in [4.78, 5) is 7.54. The van der Waals surface area contributed by atoms with E-state index in [-0.39, 0.29) is 7.58 Å². The average molecular weight is 262 g/mol. The smallest absolute Gasteiger partial charge is 0.141 e. The summed E-state index contributed by atoms with van der Waals surface area (Å²) >= 11 is 0. The highest BCUT2D eigenvalue weighted by Gasteiger charge is 2.23. The van der Waals surface area contributed by atoms with Crippen molar-refractivity contribution in [3.63, 3.8) is 0 Å². The number of fused-ring (bicyclic) bond motifs is 1. The fraction of sp³-hybridized carbons (Fsp3) is 0.533. The maximum atomic E-state index is 4.34. The van der Waals surface area contributed by atoms with Gasteiger partial charge in [0.25, 0.3) is 0 Å². The highest BCUT2D eigenvalue weighted by Crippen LogP contribution is 2.37. The number of aromatic nitrogens is 1. The van der Waals surface area contributed by atoms with Gasteiger partial charge in [0.1, 0.15) is 5.82 Å². The van der Waals surface area contributed by atoms with Gasteiger partial charge in [0.15, 0.2) is 0 Å². The molecule has 1 saturated carbocycles. The van der Waals surface area contributed by atoms with Crippen LogP contribution < -0.4 is 11.5 Å². The maximum Gasteiger partial charge on any atom is 0.141 e. The zero-order chi connectivity index (χ0) is 12.4. The number of nitrogens with zero attached hydrogens (tertiary/aromatic N) is 1. The van der Waals surface area contributed by atoms with E-state index in [1.165, 1.54) is 43.4 Å². The van der Waals surface area contributed by atoms with Crippen molar-refractivity contribution in [2.75, 3.05) is 0 Å². The van der Waals surface area contributed by atoms with Crippen molar-refractivity contribution in [2.45, 2.75) is 45.4 Å². The minimum Gasteiger partial charge on any atom is -0.346 e. The second-order valence-electron chi connectivity index (χ2n) is 5.23. The molecule has 0 atom stereocenters. The van der Waals surface area contributed by atoms with E-state index in [2.05, 4.69) is 28.3 Å².